The third kappa shape index (κ3) is 15.7. The maximum atomic E-state index is 11.7. The summed E-state index contributed by atoms with van der Waals surface area (Å²) in [5, 5.41) is 0. The molecule has 0 nitrogen and oxygen atoms in total. The van der Waals surface area contributed by atoms with Crippen LogP contribution in [0.1, 0.15) is 39.5 Å². The summed E-state index contributed by atoms with van der Waals surface area (Å²) in [4.78, 5) is 0. The first kappa shape index (κ1) is 17.6. The van der Waals surface area contributed by atoms with Crippen LogP contribution in [0.4, 0.5) is 12.9 Å². The van der Waals surface area contributed by atoms with Crippen LogP contribution in [0.5, 0.6) is 0 Å². The quantitative estimate of drug-likeness (QED) is 0.368. The molecule has 0 unspecified atom stereocenters. The van der Waals surface area contributed by atoms with Crippen LogP contribution in [-0.2, 0) is 0 Å². The van der Waals surface area contributed by atoms with Crippen LogP contribution in [0.15, 0.2) is 11.6 Å². The first-order chi connectivity index (χ1) is 5.92. The molecule has 0 spiro atoms. The normalized spacial score (nSPS) is 10.6. The molecule has 0 atom stereocenters. The number of halogens is 3. The minimum atomic E-state index is -4.55. The largest absolute Gasteiger partial charge is 1.00 e. The zero-order chi connectivity index (χ0) is 10.3. The first-order valence-corrected chi connectivity index (χ1v) is 4.76. The predicted octanol–water partition coefficient (Wildman–Crippen LogP) is 1.36. The van der Waals surface area contributed by atoms with E-state index in [-0.39, 0.29) is 51.4 Å². The number of allylic oxidation sites excluding steroid dienone is 2. The molecule has 0 aromatic heterocycles. The van der Waals surface area contributed by atoms with Crippen molar-refractivity contribution in [3.63, 3.8) is 0 Å². The molecule has 78 valence electrons. The Bertz CT molecular complexity index is 162. The number of unbranched alkanes of at least 4 members (excludes halogenated alkanes) is 3. The fraction of sp³-hybridized carbons (Fsp3) is 0.778. The van der Waals surface area contributed by atoms with Crippen molar-refractivity contribution < 1.29 is 64.3 Å². The summed E-state index contributed by atoms with van der Waals surface area (Å²) in [5.41, 5.74) is 1.24. The Balaban J connectivity index is 0. The van der Waals surface area contributed by atoms with Gasteiger partial charge in [-0.1, -0.05) is 30.8 Å². The standard InChI is InChI=1S/C9H17BF3.K/c1-9(2)7-5-3-4-6-8-10(11,12)13;/h7H,3-6,8H2,1-2H3;/q-1;+1. The molecule has 0 bridgehead atoms. The van der Waals surface area contributed by atoms with Gasteiger partial charge in [-0.25, -0.2) is 0 Å². The summed E-state index contributed by atoms with van der Waals surface area (Å²) < 4.78 is 35.2. The van der Waals surface area contributed by atoms with Gasteiger partial charge in [0.05, 0.1) is 0 Å². The van der Waals surface area contributed by atoms with Crippen LogP contribution in [0.25, 0.3) is 0 Å². The minimum absolute atomic E-state index is 0. The Kier molecular flexibility index (Phi) is 11.9. The van der Waals surface area contributed by atoms with E-state index in [0.29, 0.717) is 12.8 Å². The van der Waals surface area contributed by atoms with Gasteiger partial charge in [0.2, 0.25) is 0 Å². The van der Waals surface area contributed by atoms with Crippen LogP contribution >= 0.6 is 0 Å². The Morgan fingerprint density at radius 2 is 1.64 bits per heavy atom. The molecule has 0 aromatic carbocycles. The topological polar surface area (TPSA) is 0 Å². The van der Waals surface area contributed by atoms with Crippen molar-refractivity contribution in [2.24, 2.45) is 0 Å². The van der Waals surface area contributed by atoms with E-state index < -0.39 is 13.3 Å². The fourth-order valence-corrected chi connectivity index (χ4v) is 1.09. The molecule has 0 heterocycles. The van der Waals surface area contributed by atoms with Crippen LogP contribution in [0.2, 0.25) is 6.32 Å². The Morgan fingerprint density at radius 1 is 1.07 bits per heavy atom. The molecule has 0 aliphatic heterocycles. The van der Waals surface area contributed by atoms with Crippen LogP contribution in [-0.4, -0.2) is 6.98 Å². The summed E-state index contributed by atoms with van der Waals surface area (Å²) in [6.45, 7) is -0.554. The minimum Gasteiger partial charge on any atom is -0.449 e. The van der Waals surface area contributed by atoms with Crippen LogP contribution in [0.3, 0.4) is 0 Å². The zero-order valence-corrected chi connectivity index (χ0v) is 12.4. The molecule has 0 aliphatic rings. The van der Waals surface area contributed by atoms with Gasteiger partial charge in [-0.2, -0.15) is 0 Å². The molecule has 0 radical (unpaired) electrons. The number of hydrogen-bond donors (Lipinski definition) is 0. The Labute approximate surface area is 127 Å². The molecule has 0 aromatic rings. The van der Waals surface area contributed by atoms with Gasteiger partial charge in [0, 0.05) is 0 Å². The van der Waals surface area contributed by atoms with Crippen molar-refractivity contribution in [3.8, 4) is 0 Å². The third-order valence-electron chi connectivity index (χ3n) is 1.79. The van der Waals surface area contributed by atoms with Crippen LogP contribution in [0, 0.1) is 0 Å². The first-order valence-electron chi connectivity index (χ1n) is 4.76. The van der Waals surface area contributed by atoms with Gasteiger partial charge in [0.15, 0.2) is 0 Å². The van der Waals surface area contributed by atoms with Gasteiger partial charge in [0.1, 0.15) is 0 Å². The van der Waals surface area contributed by atoms with Crippen molar-refractivity contribution in [1.82, 2.24) is 0 Å². The molecule has 14 heavy (non-hydrogen) atoms. The van der Waals surface area contributed by atoms with E-state index in [1.165, 1.54) is 5.57 Å². The van der Waals surface area contributed by atoms with Gasteiger partial charge in [0.25, 0.3) is 0 Å². The molecule has 0 amide bonds. The smallest absolute Gasteiger partial charge is 0.449 e. The van der Waals surface area contributed by atoms with Crippen molar-refractivity contribution in [2.75, 3.05) is 0 Å². The maximum Gasteiger partial charge on any atom is 1.00 e. The summed E-state index contributed by atoms with van der Waals surface area (Å²) >= 11 is 0. The predicted molar refractivity (Wildman–Crippen MR) is 51.8 cm³/mol. The summed E-state index contributed by atoms with van der Waals surface area (Å²) in [6, 6.07) is 0. The van der Waals surface area contributed by atoms with E-state index >= 15 is 0 Å². The van der Waals surface area contributed by atoms with Gasteiger partial charge >= 0.3 is 58.4 Å². The van der Waals surface area contributed by atoms with Crippen molar-refractivity contribution in [2.45, 2.75) is 45.9 Å². The molecule has 0 saturated carbocycles. The second-order valence-corrected chi connectivity index (χ2v) is 3.63. The van der Waals surface area contributed by atoms with E-state index in [1.807, 2.05) is 13.8 Å². The summed E-state index contributed by atoms with van der Waals surface area (Å²) in [5.74, 6) is 0. The van der Waals surface area contributed by atoms with Gasteiger partial charge < -0.3 is 12.9 Å². The van der Waals surface area contributed by atoms with E-state index in [4.69, 9.17) is 0 Å². The van der Waals surface area contributed by atoms with E-state index in [9.17, 15) is 12.9 Å². The molecular formula is C9H17BF3K. The molecule has 0 aliphatic carbocycles. The third-order valence-corrected chi connectivity index (χ3v) is 1.79. The van der Waals surface area contributed by atoms with Crippen molar-refractivity contribution >= 4 is 6.98 Å². The van der Waals surface area contributed by atoms with E-state index in [1.54, 1.807) is 0 Å². The SMILES string of the molecule is CC(C)=CCCCCC[B-](F)(F)F.[K+]. The average molecular weight is 232 g/mol. The monoisotopic (exact) mass is 232 g/mol. The average Bonchev–Trinajstić information content (AvgIpc) is 1.93. The second kappa shape index (κ2) is 9.46. The van der Waals surface area contributed by atoms with Gasteiger partial charge in [-0.05, 0) is 26.7 Å². The molecule has 5 heteroatoms. The Morgan fingerprint density at radius 3 is 2.07 bits per heavy atom. The van der Waals surface area contributed by atoms with Crippen molar-refractivity contribution in [1.29, 1.82) is 0 Å². The van der Waals surface area contributed by atoms with Gasteiger partial charge in [-0.3, -0.25) is 0 Å². The molecule has 0 fully saturated rings. The van der Waals surface area contributed by atoms with E-state index in [2.05, 4.69) is 6.08 Å². The molecule has 0 saturated heterocycles. The molecular weight excluding hydrogens is 215 g/mol. The zero-order valence-electron chi connectivity index (χ0n) is 9.32. The van der Waals surface area contributed by atoms with Crippen LogP contribution < -0.4 is 51.4 Å². The van der Waals surface area contributed by atoms with E-state index in [0.717, 1.165) is 12.8 Å². The van der Waals surface area contributed by atoms with Crippen molar-refractivity contribution in [3.05, 3.63) is 11.6 Å². The number of hydrogen-bond acceptors (Lipinski definition) is 0. The van der Waals surface area contributed by atoms with Gasteiger partial charge in [-0.15, -0.1) is 0 Å². The molecule has 0 N–H and O–H groups in total. The summed E-state index contributed by atoms with van der Waals surface area (Å²) in [7, 11) is 0. The second-order valence-electron chi connectivity index (χ2n) is 3.63. The fourth-order valence-electron chi connectivity index (χ4n) is 1.09. The Hall–Kier alpha value is 1.23. The molecule has 0 rings (SSSR count). The summed E-state index contributed by atoms with van der Waals surface area (Å²) in [6.07, 6.45) is 4.25. The maximum absolute atomic E-state index is 11.7. The number of rotatable bonds is 6.